The van der Waals surface area contributed by atoms with Crippen LogP contribution in [0.5, 0.6) is 0 Å². The Morgan fingerprint density at radius 3 is 3.11 bits per heavy atom. The number of halogens is 1. The minimum atomic E-state index is 0.916. The van der Waals surface area contributed by atoms with E-state index in [9.17, 15) is 0 Å². The number of thioether (sulfide) groups is 1. The highest BCUT2D eigenvalue weighted by molar-refractivity contribution is 9.10. The molecule has 0 unspecified atom stereocenters. The van der Waals surface area contributed by atoms with E-state index < -0.39 is 0 Å². The molecule has 1 N–H and O–H groups in total. The van der Waals surface area contributed by atoms with Gasteiger partial charge in [-0.2, -0.15) is 0 Å². The van der Waals surface area contributed by atoms with Gasteiger partial charge >= 0.3 is 0 Å². The zero-order valence-electron chi connectivity index (χ0n) is 9.69. The van der Waals surface area contributed by atoms with Crippen molar-refractivity contribution in [3.63, 3.8) is 0 Å². The first kappa shape index (κ1) is 12.0. The number of amidine groups is 1. The third kappa shape index (κ3) is 2.52. The fourth-order valence-electron chi connectivity index (χ4n) is 1.89. The maximum Gasteiger partial charge on any atom is 0.161 e. The van der Waals surface area contributed by atoms with Crippen LogP contribution >= 0.6 is 27.7 Å². The topological polar surface area (TPSA) is 37.3 Å². The third-order valence-corrected chi connectivity index (χ3v) is 4.15. The first-order valence-electron chi connectivity index (χ1n) is 5.81. The lowest BCUT2D eigenvalue weighted by Gasteiger charge is -2.14. The minimum absolute atomic E-state index is 0.916. The second kappa shape index (κ2) is 5.28. The lowest BCUT2D eigenvalue weighted by atomic mass is 10.2. The highest BCUT2D eigenvalue weighted by Gasteiger charge is 2.08. The number of para-hydroxylation sites is 1. The van der Waals surface area contributed by atoms with Crippen LogP contribution in [0.3, 0.4) is 0 Å². The van der Waals surface area contributed by atoms with Gasteiger partial charge in [-0.25, -0.2) is 0 Å². The first-order chi connectivity index (χ1) is 8.83. The number of fused-ring (bicyclic) bond motifs is 1. The monoisotopic (exact) mass is 321 g/mol. The summed E-state index contributed by atoms with van der Waals surface area (Å²) < 4.78 is 0.997. The number of rotatable bonds is 1. The van der Waals surface area contributed by atoms with Crippen molar-refractivity contribution in [1.82, 2.24) is 4.98 Å². The summed E-state index contributed by atoms with van der Waals surface area (Å²) in [5.41, 5.74) is 2.00. The molecule has 2 heterocycles. The van der Waals surface area contributed by atoms with E-state index in [1.54, 1.807) is 11.8 Å². The van der Waals surface area contributed by atoms with Crippen LogP contribution in [0.4, 0.5) is 5.69 Å². The molecule has 1 aliphatic rings. The van der Waals surface area contributed by atoms with Crippen molar-refractivity contribution in [2.45, 2.75) is 6.42 Å². The molecule has 0 spiro atoms. The number of aromatic nitrogens is 1. The number of hydrogen-bond acceptors (Lipinski definition) is 4. The molecule has 1 aromatic heterocycles. The van der Waals surface area contributed by atoms with Crippen LogP contribution in [0.15, 0.2) is 39.9 Å². The largest absolute Gasteiger partial charge is 0.333 e. The second-order valence-electron chi connectivity index (χ2n) is 4.04. The van der Waals surface area contributed by atoms with Gasteiger partial charge in [0.15, 0.2) is 5.17 Å². The summed E-state index contributed by atoms with van der Waals surface area (Å²) in [6, 6.07) is 8.21. The van der Waals surface area contributed by atoms with Crippen molar-refractivity contribution in [3.05, 3.63) is 34.9 Å². The van der Waals surface area contributed by atoms with E-state index >= 15 is 0 Å². The average molecular weight is 322 g/mol. The Labute approximate surface area is 118 Å². The Hall–Kier alpha value is -1.07. The van der Waals surface area contributed by atoms with Crippen LogP contribution in [0.2, 0.25) is 0 Å². The van der Waals surface area contributed by atoms with Gasteiger partial charge in [-0.05, 0) is 34.5 Å². The second-order valence-corrected chi connectivity index (χ2v) is 6.04. The lowest BCUT2D eigenvalue weighted by Crippen LogP contribution is -2.13. The van der Waals surface area contributed by atoms with Crippen molar-refractivity contribution < 1.29 is 0 Å². The Morgan fingerprint density at radius 1 is 1.33 bits per heavy atom. The van der Waals surface area contributed by atoms with Crippen LogP contribution in [-0.4, -0.2) is 22.4 Å². The fourth-order valence-corrected chi connectivity index (χ4v) is 3.07. The standard InChI is InChI=1S/C13H12BrN3S/c14-10-7-9-3-1-4-11(12(9)16-8-10)17-13-15-5-2-6-18-13/h1,3-4,7-8H,2,5-6H2,(H,15,17). The molecule has 1 aromatic carbocycles. The van der Waals surface area contributed by atoms with Gasteiger partial charge < -0.3 is 5.32 Å². The molecule has 0 radical (unpaired) electrons. The zero-order chi connectivity index (χ0) is 12.4. The van der Waals surface area contributed by atoms with Crippen molar-refractivity contribution in [3.8, 4) is 0 Å². The first-order valence-corrected chi connectivity index (χ1v) is 7.59. The van der Waals surface area contributed by atoms with Crippen molar-refractivity contribution >= 4 is 49.4 Å². The molecule has 5 heteroatoms. The van der Waals surface area contributed by atoms with Gasteiger partial charge in [0.2, 0.25) is 0 Å². The molecule has 18 heavy (non-hydrogen) atoms. The smallest absolute Gasteiger partial charge is 0.161 e. The minimum Gasteiger partial charge on any atom is -0.333 e. The quantitative estimate of drug-likeness (QED) is 0.865. The molecule has 1 aliphatic heterocycles. The average Bonchev–Trinajstić information content (AvgIpc) is 2.40. The molecule has 3 rings (SSSR count). The maximum absolute atomic E-state index is 4.48. The van der Waals surface area contributed by atoms with E-state index in [1.165, 1.54) is 0 Å². The molecule has 0 bridgehead atoms. The number of hydrogen-bond donors (Lipinski definition) is 1. The Morgan fingerprint density at radius 2 is 2.28 bits per heavy atom. The van der Waals surface area contributed by atoms with Gasteiger partial charge in [0, 0.05) is 28.4 Å². The van der Waals surface area contributed by atoms with Gasteiger partial charge in [-0.3, -0.25) is 9.98 Å². The summed E-state index contributed by atoms with van der Waals surface area (Å²) in [7, 11) is 0. The molecule has 0 saturated carbocycles. The molecule has 0 aliphatic carbocycles. The van der Waals surface area contributed by atoms with E-state index in [0.717, 1.165) is 44.9 Å². The predicted molar refractivity (Wildman–Crippen MR) is 82.4 cm³/mol. The van der Waals surface area contributed by atoms with Crippen LogP contribution in [0, 0.1) is 0 Å². The third-order valence-electron chi connectivity index (χ3n) is 2.72. The Balaban J connectivity index is 1.98. The maximum atomic E-state index is 4.48. The van der Waals surface area contributed by atoms with Gasteiger partial charge in [-0.15, -0.1) is 0 Å². The SMILES string of the molecule is Brc1cnc2c(NC3=NCCCS3)cccc2c1. The van der Waals surface area contributed by atoms with Crippen LogP contribution < -0.4 is 5.32 Å². The normalized spacial score (nSPS) is 15.5. The number of pyridine rings is 1. The molecule has 0 fully saturated rings. The summed E-state index contributed by atoms with van der Waals surface area (Å²) in [6.07, 6.45) is 2.99. The Kier molecular flexibility index (Phi) is 3.52. The number of aliphatic imine (C=N–C) groups is 1. The number of benzene rings is 1. The number of anilines is 1. The fraction of sp³-hybridized carbons (Fsp3) is 0.231. The van der Waals surface area contributed by atoms with Crippen LogP contribution in [0.25, 0.3) is 10.9 Å². The molecule has 2 aromatic rings. The summed E-state index contributed by atoms with van der Waals surface area (Å²) >= 11 is 5.22. The van der Waals surface area contributed by atoms with E-state index in [0.29, 0.717) is 0 Å². The van der Waals surface area contributed by atoms with Gasteiger partial charge in [0.25, 0.3) is 0 Å². The Bertz CT molecular complexity index is 612. The van der Waals surface area contributed by atoms with E-state index in [-0.39, 0.29) is 0 Å². The summed E-state index contributed by atoms with van der Waals surface area (Å²) in [6.45, 7) is 0.916. The van der Waals surface area contributed by atoms with E-state index in [1.807, 2.05) is 18.3 Å². The van der Waals surface area contributed by atoms with Crippen molar-refractivity contribution in [1.29, 1.82) is 0 Å². The number of nitrogens with zero attached hydrogens (tertiary/aromatic N) is 2. The van der Waals surface area contributed by atoms with E-state index in [4.69, 9.17) is 0 Å². The molecular weight excluding hydrogens is 310 g/mol. The van der Waals surface area contributed by atoms with Crippen molar-refractivity contribution in [2.24, 2.45) is 4.99 Å². The molecule has 0 saturated heterocycles. The van der Waals surface area contributed by atoms with Gasteiger partial charge in [-0.1, -0.05) is 23.9 Å². The predicted octanol–water partition coefficient (Wildman–Crippen LogP) is 3.90. The van der Waals surface area contributed by atoms with Crippen molar-refractivity contribution in [2.75, 3.05) is 17.6 Å². The summed E-state index contributed by atoms with van der Waals surface area (Å²) in [5, 5.41) is 5.50. The molecular formula is C13H12BrN3S. The van der Waals surface area contributed by atoms with Gasteiger partial charge in [0.05, 0.1) is 11.2 Å². The van der Waals surface area contributed by atoms with Crippen LogP contribution in [0.1, 0.15) is 6.42 Å². The number of nitrogens with one attached hydrogen (secondary N) is 1. The highest BCUT2D eigenvalue weighted by Crippen LogP contribution is 2.25. The summed E-state index contributed by atoms with van der Waals surface area (Å²) in [4.78, 5) is 8.95. The van der Waals surface area contributed by atoms with Gasteiger partial charge in [0.1, 0.15) is 0 Å². The molecule has 92 valence electrons. The zero-order valence-corrected chi connectivity index (χ0v) is 12.1. The molecule has 3 nitrogen and oxygen atoms in total. The highest BCUT2D eigenvalue weighted by atomic mass is 79.9. The van der Waals surface area contributed by atoms with E-state index in [2.05, 4.69) is 43.4 Å². The molecule has 0 atom stereocenters. The molecule has 0 amide bonds. The lowest BCUT2D eigenvalue weighted by molar-refractivity contribution is 0.938. The van der Waals surface area contributed by atoms with Crippen LogP contribution in [-0.2, 0) is 0 Å². The summed E-state index contributed by atoms with van der Waals surface area (Å²) in [5.74, 6) is 1.13.